The smallest absolute Gasteiger partial charge is 0.273 e. The van der Waals surface area contributed by atoms with Gasteiger partial charge in [0.2, 0.25) is 5.91 Å². The maximum atomic E-state index is 11.7. The number of hydrogen-bond acceptors (Lipinski definition) is 3. The van der Waals surface area contributed by atoms with E-state index in [2.05, 4.69) is 10.3 Å². The molecule has 0 spiro atoms. The van der Waals surface area contributed by atoms with Crippen LogP contribution >= 0.6 is 11.6 Å². The zero-order chi connectivity index (χ0) is 15.1. The molecule has 1 heterocycles. The summed E-state index contributed by atoms with van der Waals surface area (Å²) in [5.74, 6) is 0.539. The summed E-state index contributed by atoms with van der Waals surface area (Å²) < 4.78 is 1.49. The van der Waals surface area contributed by atoms with Crippen LogP contribution in [0.3, 0.4) is 0 Å². The Kier molecular flexibility index (Phi) is 5.51. The molecule has 0 fully saturated rings. The van der Waals surface area contributed by atoms with E-state index in [1.165, 1.54) is 10.8 Å². The third kappa shape index (κ3) is 4.43. The monoisotopic (exact) mass is 305 g/mol. The Bertz CT molecular complexity index is 652. The number of aromatic nitrogens is 2. The second-order valence-corrected chi connectivity index (χ2v) is 4.90. The fourth-order valence-corrected chi connectivity index (χ4v) is 2.06. The molecule has 1 amide bonds. The zero-order valence-corrected chi connectivity index (χ0v) is 12.2. The molecule has 6 heteroatoms. The number of nitrogens with one attached hydrogen (secondary N) is 1. The van der Waals surface area contributed by atoms with E-state index in [0.717, 1.165) is 18.5 Å². The highest BCUT2D eigenvalue weighted by atomic mass is 35.5. The predicted octanol–water partition coefficient (Wildman–Crippen LogP) is 2.58. The van der Waals surface area contributed by atoms with Gasteiger partial charge in [-0.3, -0.25) is 19.1 Å². The van der Waals surface area contributed by atoms with Crippen LogP contribution in [-0.4, -0.2) is 21.3 Å². The summed E-state index contributed by atoms with van der Waals surface area (Å²) in [5, 5.41) is 2.81. The highest BCUT2D eigenvalue weighted by Gasteiger charge is 2.03. The minimum atomic E-state index is -0.199. The molecule has 0 saturated heterocycles. The Morgan fingerprint density at radius 2 is 2.00 bits per heavy atom. The summed E-state index contributed by atoms with van der Waals surface area (Å²) in [6.45, 7) is 0. The number of halogens is 1. The van der Waals surface area contributed by atoms with Gasteiger partial charge in [0, 0.05) is 36.1 Å². The third-order valence-corrected chi connectivity index (χ3v) is 3.21. The second-order valence-electron chi connectivity index (χ2n) is 4.53. The topological polar surface area (TPSA) is 64.0 Å². The van der Waals surface area contributed by atoms with Crippen molar-refractivity contribution in [3.05, 3.63) is 53.2 Å². The van der Waals surface area contributed by atoms with E-state index in [-0.39, 0.29) is 11.5 Å². The van der Waals surface area contributed by atoms with E-state index in [1.807, 2.05) is 0 Å². The number of amides is 1. The van der Waals surface area contributed by atoms with Crippen LogP contribution in [0.4, 0.5) is 5.69 Å². The maximum absolute atomic E-state index is 11.7. The number of unbranched alkanes of at least 4 members (excludes halogenated alkanes) is 1. The summed E-state index contributed by atoms with van der Waals surface area (Å²) in [5.41, 5.74) is 1.23. The number of carbonyl (C=O) groups excluding carboxylic acids is 1. The maximum Gasteiger partial charge on any atom is 0.273 e. The lowest BCUT2D eigenvalue weighted by atomic mass is 10.2. The van der Waals surface area contributed by atoms with Gasteiger partial charge in [-0.1, -0.05) is 0 Å². The second kappa shape index (κ2) is 7.59. The van der Waals surface area contributed by atoms with Gasteiger partial charge in [-0.2, -0.15) is 0 Å². The molecule has 0 unspecified atom stereocenters. The van der Waals surface area contributed by atoms with Crippen molar-refractivity contribution in [1.29, 1.82) is 0 Å². The van der Waals surface area contributed by atoms with Gasteiger partial charge in [-0.15, -0.1) is 11.6 Å². The third-order valence-electron chi connectivity index (χ3n) is 2.94. The Labute approximate surface area is 127 Å². The number of anilines is 1. The van der Waals surface area contributed by atoms with Crippen LogP contribution in [0.5, 0.6) is 0 Å². The minimum Gasteiger partial charge on any atom is -0.326 e. The first-order valence-electron chi connectivity index (χ1n) is 6.69. The van der Waals surface area contributed by atoms with Crippen LogP contribution < -0.4 is 10.9 Å². The van der Waals surface area contributed by atoms with Gasteiger partial charge in [0.15, 0.2) is 0 Å². The van der Waals surface area contributed by atoms with Crippen molar-refractivity contribution in [2.24, 2.45) is 0 Å². The molecule has 5 nitrogen and oxygen atoms in total. The van der Waals surface area contributed by atoms with Gasteiger partial charge in [-0.05, 0) is 37.1 Å². The fraction of sp³-hybridized carbons (Fsp3) is 0.267. The van der Waals surface area contributed by atoms with E-state index < -0.39 is 0 Å². The normalized spacial score (nSPS) is 10.3. The molecule has 0 aliphatic heterocycles. The fourth-order valence-electron chi connectivity index (χ4n) is 1.87. The van der Waals surface area contributed by atoms with Crippen molar-refractivity contribution in [3.63, 3.8) is 0 Å². The predicted molar refractivity (Wildman–Crippen MR) is 83.0 cm³/mol. The van der Waals surface area contributed by atoms with Crippen molar-refractivity contribution in [1.82, 2.24) is 9.55 Å². The van der Waals surface area contributed by atoms with Crippen LogP contribution in [-0.2, 0) is 4.79 Å². The van der Waals surface area contributed by atoms with Crippen molar-refractivity contribution >= 4 is 23.2 Å². The molecule has 2 rings (SSSR count). The van der Waals surface area contributed by atoms with Crippen LogP contribution in [0.15, 0.2) is 47.7 Å². The van der Waals surface area contributed by atoms with Gasteiger partial charge < -0.3 is 5.32 Å². The molecule has 0 saturated carbocycles. The first kappa shape index (κ1) is 15.3. The summed E-state index contributed by atoms with van der Waals surface area (Å²) in [6, 6.07) is 7.08. The quantitative estimate of drug-likeness (QED) is 0.659. The van der Waals surface area contributed by atoms with Crippen molar-refractivity contribution in [2.75, 3.05) is 11.2 Å². The van der Waals surface area contributed by atoms with Crippen LogP contribution in [0.25, 0.3) is 5.69 Å². The first-order chi connectivity index (χ1) is 10.2. The van der Waals surface area contributed by atoms with Crippen molar-refractivity contribution in [3.8, 4) is 5.69 Å². The van der Waals surface area contributed by atoms with E-state index in [9.17, 15) is 9.59 Å². The van der Waals surface area contributed by atoms with Crippen molar-refractivity contribution in [2.45, 2.75) is 19.3 Å². The van der Waals surface area contributed by atoms with Crippen molar-refractivity contribution < 1.29 is 4.79 Å². The first-order valence-corrected chi connectivity index (χ1v) is 7.23. The summed E-state index contributed by atoms with van der Waals surface area (Å²) >= 11 is 5.57. The molecule has 0 aliphatic carbocycles. The van der Waals surface area contributed by atoms with Crippen LogP contribution in [0.1, 0.15) is 19.3 Å². The van der Waals surface area contributed by atoms with Gasteiger partial charge >= 0.3 is 0 Å². The Morgan fingerprint density at radius 3 is 2.67 bits per heavy atom. The van der Waals surface area contributed by atoms with E-state index in [0.29, 0.717) is 18.0 Å². The van der Waals surface area contributed by atoms with Gasteiger partial charge in [0.1, 0.15) is 0 Å². The molecule has 1 aromatic heterocycles. The summed E-state index contributed by atoms with van der Waals surface area (Å²) in [6.07, 6.45) is 6.47. The van der Waals surface area contributed by atoms with E-state index in [4.69, 9.17) is 11.6 Å². The minimum absolute atomic E-state index is 0.0334. The van der Waals surface area contributed by atoms with Crippen LogP contribution in [0, 0.1) is 0 Å². The summed E-state index contributed by atoms with van der Waals surface area (Å²) in [4.78, 5) is 27.1. The Hall–Kier alpha value is -2.14. The standard InChI is InChI=1S/C15H16ClN3O2/c16-8-2-1-3-14(20)18-12-4-6-13(7-5-12)19-10-9-17-11-15(19)21/h4-7,9-11H,1-3,8H2,(H,18,20). The average molecular weight is 306 g/mol. The molecule has 0 radical (unpaired) electrons. The lowest BCUT2D eigenvalue weighted by Crippen LogP contribution is -2.16. The van der Waals surface area contributed by atoms with E-state index in [1.54, 1.807) is 36.7 Å². The SMILES string of the molecule is O=C(CCCCCl)Nc1ccc(-n2ccncc2=O)cc1. The number of carbonyl (C=O) groups is 1. The van der Waals surface area contributed by atoms with Gasteiger partial charge in [0.05, 0.1) is 6.20 Å². The molecular weight excluding hydrogens is 290 g/mol. The number of rotatable bonds is 6. The van der Waals surface area contributed by atoms with Gasteiger partial charge in [0.25, 0.3) is 5.56 Å². The number of nitrogens with zero attached hydrogens (tertiary/aromatic N) is 2. The molecule has 0 aliphatic rings. The van der Waals surface area contributed by atoms with Crippen LogP contribution in [0.2, 0.25) is 0 Å². The van der Waals surface area contributed by atoms with Gasteiger partial charge in [-0.25, -0.2) is 0 Å². The molecule has 1 N–H and O–H groups in total. The molecule has 2 aromatic rings. The average Bonchev–Trinajstić information content (AvgIpc) is 2.49. The molecule has 0 bridgehead atoms. The highest BCUT2D eigenvalue weighted by molar-refractivity contribution is 6.17. The molecule has 21 heavy (non-hydrogen) atoms. The lowest BCUT2D eigenvalue weighted by molar-refractivity contribution is -0.116. The Morgan fingerprint density at radius 1 is 1.24 bits per heavy atom. The molecule has 110 valence electrons. The summed E-state index contributed by atoms with van der Waals surface area (Å²) in [7, 11) is 0. The number of hydrogen-bond donors (Lipinski definition) is 1. The zero-order valence-electron chi connectivity index (χ0n) is 11.5. The Balaban J connectivity index is 2.01. The van der Waals surface area contributed by atoms with E-state index >= 15 is 0 Å². The number of benzene rings is 1. The molecular formula is C15H16ClN3O2. The highest BCUT2D eigenvalue weighted by Crippen LogP contribution is 2.12. The molecule has 1 aromatic carbocycles. The number of alkyl halides is 1. The lowest BCUT2D eigenvalue weighted by Gasteiger charge is -2.07. The largest absolute Gasteiger partial charge is 0.326 e. The molecule has 0 atom stereocenters.